The summed E-state index contributed by atoms with van der Waals surface area (Å²) in [6.45, 7) is 0. The molecule has 0 saturated heterocycles. The summed E-state index contributed by atoms with van der Waals surface area (Å²) in [5.41, 5.74) is 2.16. The van der Waals surface area contributed by atoms with Gasteiger partial charge in [0.25, 0.3) is 10.0 Å². The van der Waals surface area contributed by atoms with E-state index >= 15 is 0 Å². The van der Waals surface area contributed by atoms with Crippen molar-refractivity contribution in [3.05, 3.63) is 72.1 Å². The second kappa shape index (κ2) is 6.27. The van der Waals surface area contributed by atoms with E-state index in [2.05, 4.69) is 14.3 Å². The number of hydrogen-bond donors (Lipinski definition) is 1. The molecule has 0 atom stereocenters. The van der Waals surface area contributed by atoms with Gasteiger partial charge in [0.1, 0.15) is 5.69 Å². The molecule has 1 heterocycles. The first-order chi connectivity index (χ1) is 12.1. The number of anilines is 1. The average molecular weight is 367 g/mol. The van der Waals surface area contributed by atoms with Crippen molar-refractivity contribution in [3.8, 4) is 11.3 Å². The van der Waals surface area contributed by atoms with Crippen LogP contribution in [0.15, 0.2) is 77.0 Å². The standard InChI is InChI=1S/C18H13N3O2S2/c22-25(23,17-10-7-13-3-1-2-4-15(13)11-17)20-16-8-5-14(6-9-16)18-12-24-21-19-18/h1-12,20H. The van der Waals surface area contributed by atoms with Crippen LogP contribution in [-0.2, 0) is 10.0 Å². The van der Waals surface area contributed by atoms with E-state index in [4.69, 9.17) is 0 Å². The molecule has 5 nitrogen and oxygen atoms in total. The first-order valence-corrected chi connectivity index (χ1v) is 9.83. The van der Waals surface area contributed by atoms with E-state index in [1.807, 2.05) is 47.8 Å². The molecule has 0 aliphatic heterocycles. The zero-order chi connectivity index (χ0) is 17.3. The number of hydrogen-bond acceptors (Lipinski definition) is 5. The Morgan fingerprint density at radius 3 is 2.36 bits per heavy atom. The van der Waals surface area contributed by atoms with Gasteiger partial charge in [0.2, 0.25) is 0 Å². The maximum Gasteiger partial charge on any atom is 0.261 e. The predicted molar refractivity (Wildman–Crippen MR) is 100 cm³/mol. The Morgan fingerprint density at radius 1 is 0.880 bits per heavy atom. The minimum atomic E-state index is -3.65. The molecule has 0 unspecified atom stereocenters. The van der Waals surface area contributed by atoms with Crippen LogP contribution < -0.4 is 4.72 Å². The van der Waals surface area contributed by atoms with E-state index in [0.29, 0.717) is 5.69 Å². The van der Waals surface area contributed by atoms with Gasteiger partial charge in [-0.2, -0.15) is 0 Å². The lowest BCUT2D eigenvalue weighted by molar-refractivity contribution is 0.601. The molecule has 3 aromatic carbocycles. The topological polar surface area (TPSA) is 72.0 Å². The molecule has 25 heavy (non-hydrogen) atoms. The van der Waals surface area contributed by atoms with Crippen molar-refractivity contribution in [1.29, 1.82) is 0 Å². The van der Waals surface area contributed by atoms with Crippen molar-refractivity contribution in [2.24, 2.45) is 0 Å². The Morgan fingerprint density at radius 2 is 1.64 bits per heavy atom. The van der Waals surface area contributed by atoms with E-state index in [9.17, 15) is 8.42 Å². The minimum absolute atomic E-state index is 0.235. The summed E-state index contributed by atoms with van der Waals surface area (Å²) >= 11 is 1.27. The van der Waals surface area contributed by atoms with Crippen molar-refractivity contribution < 1.29 is 8.42 Å². The maximum absolute atomic E-state index is 12.6. The molecule has 124 valence electrons. The summed E-state index contributed by atoms with van der Waals surface area (Å²) < 4.78 is 31.7. The smallest absolute Gasteiger partial charge is 0.261 e. The van der Waals surface area contributed by atoms with Crippen LogP contribution >= 0.6 is 11.5 Å². The van der Waals surface area contributed by atoms with Crippen molar-refractivity contribution in [1.82, 2.24) is 9.59 Å². The van der Waals surface area contributed by atoms with Crippen molar-refractivity contribution in [2.75, 3.05) is 4.72 Å². The SMILES string of the molecule is O=S(=O)(Nc1ccc(-c2csnn2)cc1)c1ccc2ccccc2c1. The summed E-state index contributed by atoms with van der Waals surface area (Å²) in [5.74, 6) is 0. The largest absolute Gasteiger partial charge is 0.280 e. The van der Waals surface area contributed by atoms with Crippen LogP contribution in [0.4, 0.5) is 5.69 Å². The Kier molecular flexibility index (Phi) is 3.95. The maximum atomic E-state index is 12.6. The van der Waals surface area contributed by atoms with E-state index in [1.54, 1.807) is 24.3 Å². The highest BCUT2D eigenvalue weighted by molar-refractivity contribution is 7.92. The Labute approximate surface area is 149 Å². The fourth-order valence-electron chi connectivity index (χ4n) is 2.55. The quantitative estimate of drug-likeness (QED) is 0.588. The van der Waals surface area contributed by atoms with E-state index in [-0.39, 0.29) is 4.90 Å². The summed E-state index contributed by atoms with van der Waals surface area (Å²) in [6, 6.07) is 19.8. The molecule has 4 rings (SSSR count). The Hall–Kier alpha value is -2.77. The molecule has 0 aliphatic rings. The summed E-state index contributed by atoms with van der Waals surface area (Å²) in [7, 11) is -3.65. The van der Waals surface area contributed by atoms with Crippen LogP contribution in [0.25, 0.3) is 22.0 Å². The molecule has 0 radical (unpaired) electrons. The van der Waals surface area contributed by atoms with Crippen LogP contribution in [0.3, 0.4) is 0 Å². The first-order valence-electron chi connectivity index (χ1n) is 7.51. The first kappa shape index (κ1) is 15.7. The molecule has 1 aromatic heterocycles. The van der Waals surface area contributed by atoms with Crippen molar-refractivity contribution >= 4 is 38.0 Å². The third kappa shape index (κ3) is 3.24. The Bertz CT molecular complexity index is 1120. The molecule has 0 amide bonds. The lowest BCUT2D eigenvalue weighted by Gasteiger charge is -2.09. The predicted octanol–water partition coefficient (Wildman–Crippen LogP) is 4.16. The molecular formula is C18H13N3O2S2. The highest BCUT2D eigenvalue weighted by Crippen LogP contribution is 2.24. The van der Waals surface area contributed by atoms with E-state index < -0.39 is 10.0 Å². The van der Waals surface area contributed by atoms with Crippen LogP contribution in [-0.4, -0.2) is 18.0 Å². The number of sulfonamides is 1. The van der Waals surface area contributed by atoms with Gasteiger partial charge >= 0.3 is 0 Å². The van der Waals surface area contributed by atoms with Crippen LogP contribution in [0, 0.1) is 0 Å². The summed E-state index contributed by atoms with van der Waals surface area (Å²) in [6.07, 6.45) is 0. The van der Waals surface area contributed by atoms with E-state index in [1.165, 1.54) is 11.5 Å². The van der Waals surface area contributed by atoms with Gasteiger partial charge in [0.05, 0.1) is 4.90 Å². The second-order valence-corrected chi connectivity index (χ2v) is 7.77. The zero-order valence-electron chi connectivity index (χ0n) is 13.0. The lowest BCUT2D eigenvalue weighted by atomic mass is 10.1. The van der Waals surface area contributed by atoms with Crippen LogP contribution in [0.5, 0.6) is 0 Å². The van der Waals surface area contributed by atoms with Gasteiger partial charge in [-0.15, -0.1) is 5.10 Å². The van der Waals surface area contributed by atoms with Gasteiger partial charge < -0.3 is 0 Å². The van der Waals surface area contributed by atoms with Crippen molar-refractivity contribution in [3.63, 3.8) is 0 Å². The fraction of sp³-hybridized carbons (Fsp3) is 0. The van der Waals surface area contributed by atoms with Gasteiger partial charge in [-0.05, 0) is 46.6 Å². The summed E-state index contributed by atoms with van der Waals surface area (Å²) in [4.78, 5) is 0.235. The molecule has 0 saturated carbocycles. The molecule has 0 spiro atoms. The van der Waals surface area contributed by atoms with Crippen molar-refractivity contribution in [2.45, 2.75) is 4.90 Å². The third-order valence-electron chi connectivity index (χ3n) is 3.82. The number of fused-ring (bicyclic) bond motifs is 1. The van der Waals surface area contributed by atoms with Crippen LogP contribution in [0.1, 0.15) is 0 Å². The number of benzene rings is 3. The zero-order valence-corrected chi connectivity index (χ0v) is 14.6. The minimum Gasteiger partial charge on any atom is -0.280 e. The molecule has 4 aromatic rings. The number of nitrogens with one attached hydrogen (secondary N) is 1. The monoisotopic (exact) mass is 367 g/mol. The normalized spacial score (nSPS) is 11.5. The molecule has 1 N–H and O–H groups in total. The number of rotatable bonds is 4. The van der Waals surface area contributed by atoms with Gasteiger partial charge in [0, 0.05) is 16.6 Å². The second-order valence-electron chi connectivity index (χ2n) is 5.48. The fourth-order valence-corrected chi connectivity index (χ4v) is 4.11. The third-order valence-corrected chi connectivity index (χ3v) is 5.71. The van der Waals surface area contributed by atoms with Gasteiger partial charge in [-0.1, -0.05) is 47.0 Å². The van der Waals surface area contributed by atoms with Gasteiger partial charge in [-0.25, -0.2) is 8.42 Å². The molecular weight excluding hydrogens is 354 g/mol. The lowest BCUT2D eigenvalue weighted by Crippen LogP contribution is -2.12. The highest BCUT2D eigenvalue weighted by atomic mass is 32.2. The molecule has 7 heteroatoms. The van der Waals surface area contributed by atoms with Crippen LogP contribution in [0.2, 0.25) is 0 Å². The van der Waals surface area contributed by atoms with Gasteiger partial charge in [0.15, 0.2) is 0 Å². The number of aromatic nitrogens is 2. The van der Waals surface area contributed by atoms with Gasteiger partial charge in [-0.3, -0.25) is 4.72 Å². The van der Waals surface area contributed by atoms with E-state index in [0.717, 1.165) is 22.0 Å². The highest BCUT2D eigenvalue weighted by Gasteiger charge is 2.14. The molecule has 0 fully saturated rings. The molecule has 0 bridgehead atoms. The number of nitrogens with zero attached hydrogens (tertiary/aromatic N) is 2. The Balaban J connectivity index is 1.61. The summed E-state index contributed by atoms with van der Waals surface area (Å²) in [5, 5.41) is 7.73. The average Bonchev–Trinajstić information content (AvgIpc) is 3.16. The molecule has 0 aliphatic carbocycles.